The van der Waals surface area contributed by atoms with Gasteiger partial charge in [-0.3, -0.25) is 9.97 Å². The third-order valence-corrected chi connectivity index (χ3v) is 9.83. The highest BCUT2D eigenvalue weighted by Crippen LogP contribution is 2.39. The van der Waals surface area contributed by atoms with Crippen LogP contribution in [0.4, 0.5) is 0 Å². The van der Waals surface area contributed by atoms with Gasteiger partial charge in [0.05, 0.1) is 11.4 Å². The van der Waals surface area contributed by atoms with E-state index in [0.717, 1.165) is 11.4 Å². The van der Waals surface area contributed by atoms with Gasteiger partial charge in [-0.25, -0.2) is 0 Å². The molecule has 2 saturated heterocycles. The first-order valence-electron chi connectivity index (χ1n) is 8.21. The van der Waals surface area contributed by atoms with Gasteiger partial charge in [0.2, 0.25) is 0 Å². The third kappa shape index (κ3) is 4.09. The maximum atomic E-state index is 4.60. The third-order valence-electron chi connectivity index (χ3n) is 4.21. The molecule has 4 rings (SSSR count). The first kappa shape index (κ1) is 17.1. The van der Waals surface area contributed by atoms with Gasteiger partial charge < -0.3 is 0 Å². The number of rotatable bonds is 3. The van der Waals surface area contributed by atoms with Gasteiger partial charge in [0.15, 0.2) is 0 Å². The van der Waals surface area contributed by atoms with E-state index in [2.05, 4.69) is 81.3 Å². The number of pyridine rings is 2. The van der Waals surface area contributed by atoms with E-state index in [4.69, 9.17) is 0 Å². The summed E-state index contributed by atoms with van der Waals surface area (Å²) >= 11 is 8.26. The highest BCUT2D eigenvalue weighted by Gasteiger charge is 2.19. The second-order valence-electron chi connectivity index (χ2n) is 5.82. The van der Waals surface area contributed by atoms with E-state index in [-0.39, 0.29) is 0 Å². The van der Waals surface area contributed by atoms with Crippen molar-refractivity contribution in [1.29, 1.82) is 0 Å². The van der Waals surface area contributed by atoms with Crippen molar-refractivity contribution < 1.29 is 0 Å². The van der Waals surface area contributed by atoms with Gasteiger partial charge in [-0.05, 0) is 35.4 Å². The van der Waals surface area contributed by atoms with Crippen LogP contribution in [-0.4, -0.2) is 44.5 Å². The predicted octanol–water partition coefficient (Wildman–Crippen LogP) is 5.19. The summed E-state index contributed by atoms with van der Waals surface area (Å²) in [6, 6.07) is 8.84. The summed E-state index contributed by atoms with van der Waals surface area (Å²) in [6.45, 7) is 0. The van der Waals surface area contributed by atoms with Crippen LogP contribution in [0.15, 0.2) is 36.7 Å². The van der Waals surface area contributed by atoms with Crippen molar-refractivity contribution >= 4 is 47.0 Å². The monoisotopic (exact) mass is 392 g/mol. The molecular weight excluding hydrogens is 372 g/mol. The molecule has 2 aromatic rings. The molecule has 0 saturated carbocycles. The smallest absolute Gasteiger partial charge is 0.0889 e. The van der Waals surface area contributed by atoms with Crippen LogP contribution in [0.25, 0.3) is 11.4 Å². The molecule has 2 aliphatic heterocycles. The van der Waals surface area contributed by atoms with E-state index in [1.165, 1.54) is 45.6 Å². The van der Waals surface area contributed by atoms with E-state index in [1.807, 2.05) is 12.4 Å². The lowest BCUT2D eigenvalue weighted by Crippen LogP contribution is -2.07. The van der Waals surface area contributed by atoms with Gasteiger partial charge in [0.1, 0.15) is 0 Å². The molecule has 0 radical (unpaired) electrons. The van der Waals surface area contributed by atoms with Crippen LogP contribution < -0.4 is 0 Å². The molecule has 0 spiro atoms. The number of nitrogens with zero attached hydrogens (tertiary/aromatic N) is 2. The second kappa shape index (κ2) is 8.39. The number of hydrogen-bond donors (Lipinski definition) is 0. The fourth-order valence-electron chi connectivity index (χ4n) is 2.93. The molecule has 2 atom stereocenters. The molecule has 6 heteroatoms. The van der Waals surface area contributed by atoms with Gasteiger partial charge >= 0.3 is 0 Å². The van der Waals surface area contributed by atoms with Crippen molar-refractivity contribution in [2.75, 3.05) is 34.5 Å². The summed E-state index contributed by atoms with van der Waals surface area (Å²) in [7, 11) is 0. The Morgan fingerprint density at radius 3 is 1.62 bits per heavy atom. The largest absolute Gasteiger partial charge is 0.255 e. The van der Waals surface area contributed by atoms with E-state index >= 15 is 0 Å². The molecule has 2 unspecified atom stereocenters. The van der Waals surface area contributed by atoms with Crippen LogP contribution in [0.3, 0.4) is 0 Å². The standard InChI is InChI=1S/C18H20N2S4/c1-3-19-15(9-13(1)17-11-21-5-7-23-17)16-10-14(2-4-20-16)18-12-22-6-8-24-18/h1-4,9-10,17-18H,5-8,11-12H2. The molecule has 0 N–H and O–H groups in total. The zero-order valence-electron chi connectivity index (χ0n) is 13.4. The summed E-state index contributed by atoms with van der Waals surface area (Å²) in [4.78, 5) is 9.20. The Bertz CT molecular complexity index is 623. The van der Waals surface area contributed by atoms with Gasteiger partial charge in [-0.1, -0.05) is 0 Å². The zero-order chi connectivity index (χ0) is 16.2. The Hall–Kier alpha value is -0.300. The molecule has 2 nitrogen and oxygen atoms in total. The van der Waals surface area contributed by atoms with E-state index in [9.17, 15) is 0 Å². The van der Waals surface area contributed by atoms with Gasteiger partial charge in [0.25, 0.3) is 0 Å². The summed E-state index contributed by atoms with van der Waals surface area (Å²) in [5, 5.41) is 1.19. The Labute approximate surface area is 160 Å². The predicted molar refractivity (Wildman–Crippen MR) is 113 cm³/mol. The molecule has 0 bridgehead atoms. The molecule has 4 heterocycles. The molecule has 2 aromatic heterocycles. The summed E-state index contributed by atoms with van der Waals surface area (Å²) in [5.41, 5.74) is 4.82. The van der Waals surface area contributed by atoms with E-state index in [1.54, 1.807) is 0 Å². The Morgan fingerprint density at radius 2 is 1.21 bits per heavy atom. The summed E-state index contributed by atoms with van der Waals surface area (Å²) in [5.74, 6) is 7.46. The molecule has 126 valence electrons. The van der Waals surface area contributed by atoms with Crippen LogP contribution in [0.1, 0.15) is 21.6 Å². The van der Waals surface area contributed by atoms with Crippen molar-refractivity contribution in [2.24, 2.45) is 0 Å². The lowest BCUT2D eigenvalue weighted by molar-refractivity contribution is 1.07. The second-order valence-corrected chi connectivity index (χ2v) is 10.7. The Morgan fingerprint density at radius 1 is 0.708 bits per heavy atom. The normalized spacial score (nSPS) is 24.7. The number of hydrogen-bond acceptors (Lipinski definition) is 6. The lowest BCUT2D eigenvalue weighted by atomic mass is 10.1. The van der Waals surface area contributed by atoms with Gasteiger partial charge in [0, 0.05) is 57.4 Å². The van der Waals surface area contributed by atoms with Crippen molar-refractivity contribution in [1.82, 2.24) is 9.97 Å². The highest BCUT2D eigenvalue weighted by molar-refractivity contribution is 8.06. The summed E-state index contributed by atoms with van der Waals surface area (Å²) < 4.78 is 0. The van der Waals surface area contributed by atoms with Crippen molar-refractivity contribution in [3.63, 3.8) is 0 Å². The lowest BCUT2D eigenvalue weighted by Gasteiger charge is -2.22. The fourth-order valence-corrected chi connectivity index (χ4v) is 8.39. The molecule has 24 heavy (non-hydrogen) atoms. The number of thioether (sulfide) groups is 4. The van der Waals surface area contributed by atoms with Gasteiger partial charge in [-0.2, -0.15) is 47.0 Å². The van der Waals surface area contributed by atoms with Crippen LogP contribution in [-0.2, 0) is 0 Å². The minimum atomic E-state index is 0.596. The maximum Gasteiger partial charge on any atom is 0.0889 e. The quantitative estimate of drug-likeness (QED) is 0.713. The average Bonchev–Trinajstić information content (AvgIpc) is 2.70. The minimum absolute atomic E-state index is 0.596. The molecule has 2 aliphatic rings. The van der Waals surface area contributed by atoms with Crippen molar-refractivity contribution in [3.05, 3.63) is 47.8 Å². The maximum absolute atomic E-state index is 4.60. The molecule has 0 aromatic carbocycles. The van der Waals surface area contributed by atoms with Crippen LogP contribution in [0, 0.1) is 0 Å². The van der Waals surface area contributed by atoms with Crippen molar-refractivity contribution in [2.45, 2.75) is 10.5 Å². The molecule has 0 aliphatic carbocycles. The topological polar surface area (TPSA) is 25.8 Å². The van der Waals surface area contributed by atoms with Gasteiger partial charge in [-0.15, -0.1) is 0 Å². The molecule has 0 amide bonds. The molecular formula is C18H20N2S4. The van der Waals surface area contributed by atoms with E-state index in [0.29, 0.717) is 10.5 Å². The van der Waals surface area contributed by atoms with Crippen LogP contribution in [0.5, 0.6) is 0 Å². The SMILES string of the molecule is c1cc(C2CSCCS2)cc(-c2cc(C3CSCCS3)ccn2)n1. The minimum Gasteiger partial charge on any atom is -0.255 e. The zero-order valence-corrected chi connectivity index (χ0v) is 16.7. The molecule has 2 fully saturated rings. The Balaban J connectivity index is 1.59. The van der Waals surface area contributed by atoms with Crippen molar-refractivity contribution in [3.8, 4) is 11.4 Å². The first-order chi connectivity index (χ1) is 11.9. The van der Waals surface area contributed by atoms with Crippen LogP contribution in [0.2, 0.25) is 0 Å². The fraction of sp³-hybridized carbons (Fsp3) is 0.444. The number of aromatic nitrogens is 2. The average molecular weight is 393 g/mol. The Kier molecular flexibility index (Phi) is 5.99. The summed E-state index contributed by atoms with van der Waals surface area (Å²) in [6.07, 6.45) is 3.90. The van der Waals surface area contributed by atoms with Crippen LogP contribution >= 0.6 is 47.0 Å². The first-order valence-corrected chi connectivity index (χ1v) is 12.6. The highest BCUT2D eigenvalue weighted by atomic mass is 32.2. The van der Waals surface area contributed by atoms with E-state index < -0.39 is 0 Å².